The maximum atomic E-state index is 2.63. The van der Waals surface area contributed by atoms with Gasteiger partial charge in [0.2, 0.25) is 0 Å². The van der Waals surface area contributed by atoms with Crippen LogP contribution in [0.25, 0.3) is 33.4 Å². The Kier molecular flexibility index (Phi) is 11.1. The van der Waals surface area contributed by atoms with Gasteiger partial charge in [0.15, 0.2) is 0 Å². The first-order valence-electron chi connectivity index (χ1n) is 27.7. The summed E-state index contributed by atoms with van der Waals surface area (Å²) < 4.78 is 0. The zero-order valence-electron chi connectivity index (χ0n) is 47.4. The van der Waals surface area contributed by atoms with E-state index in [1.54, 1.807) is 0 Å². The molecule has 1 spiro atoms. The molecule has 0 radical (unpaired) electrons. The third kappa shape index (κ3) is 7.56. The van der Waals surface area contributed by atoms with Crippen LogP contribution in [0.3, 0.4) is 0 Å². The van der Waals surface area contributed by atoms with Gasteiger partial charge in [0.05, 0.1) is 11.1 Å². The van der Waals surface area contributed by atoms with Gasteiger partial charge in [0, 0.05) is 39.4 Å². The molecule has 3 aliphatic rings. The molecule has 3 aliphatic carbocycles. The fourth-order valence-electron chi connectivity index (χ4n) is 13.2. The molecule has 0 amide bonds. The normalized spacial score (nSPS) is 14.7. The van der Waals surface area contributed by atoms with E-state index in [9.17, 15) is 0 Å². The van der Waals surface area contributed by atoms with Gasteiger partial charge in [-0.3, -0.25) is 0 Å². The van der Waals surface area contributed by atoms with E-state index in [0.717, 1.165) is 28.4 Å². The number of hydrogen-bond donors (Lipinski definition) is 0. The van der Waals surface area contributed by atoms with Crippen molar-refractivity contribution in [3.05, 3.63) is 250 Å². The maximum Gasteiger partial charge on any atom is 0.0727 e. The molecule has 0 unspecified atom stereocenters. The second-order valence-electron chi connectivity index (χ2n) is 26.7. The fraction of sp³-hybridized carbons (Fsp3) is 0.270. The highest BCUT2D eigenvalue weighted by atomic mass is 15.2. The van der Waals surface area contributed by atoms with Crippen LogP contribution in [0.15, 0.2) is 194 Å². The van der Waals surface area contributed by atoms with Crippen LogP contribution in [0.1, 0.15) is 153 Å². The summed E-state index contributed by atoms with van der Waals surface area (Å²) in [5.74, 6) is 0. The van der Waals surface area contributed by atoms with Gasteiger partial charge in [0.1, 0.15) is 0 Å². The molecule has 0 saturated heterocycles. The van der Waals surface area contributed by atoms with E-state index < -0.39 is 5.41 Å². The average Bonchev–Trinajstić information content (AvgIpc) is 4.12. The molecular weight excluding hydrogens is 917 g/mol. The Morgan fingerprint density at radius 3 is 1.04 bits per heavy atom. The number of anilines is 6. The first-order valence-corrected chi connectivity index (χ1v) is 27.7. The Morgan fingerprint density at radius 1 is 0.289 bits per heavy atom. The van der Waals surface area contributed by atoms with Crippen molar-refractivity contribution < 1.29 is 0 Å². The Labute approximate surface area is 454 Å². The lowest BCUT2D eigenvalue weighted by molar-refractivity contribution is 0.590. The molecule has 9 aromatic rings. The van der Waals surface area contributed by atoms with E-state index in [2.05, 4.69) is 301 Å². The summed E-state index contributed by atoms with van der Waals surface area (Å²) in [6.07, 6.45) is 0. The smallest absolute Gasteiger partial charge is 0.0727 e. The summed E-state index contributed by atoms with van der Waals surface area (Å²) in [6, 6.07) is 75.3. The molecule has 0 saturated carbocycles. The van der Waals surface area contributed by atoms with Crippen molar-refractivity contribution in [2.45, 2.75) is 129 Å². The predicted octanol–water partition coefficient (Wildman–Crippen LogP) is 20.5. The highest BCUT2D eigenvalue weighted by Gasteiger charge is 2.55. The SMILES string of the molecule is CC(C)(C)c1ccc(N(c2ccc(C(C)(C)C)cc2)c2ccc3c(c2)C2(c4ccccc4-c4ccccc42)c2cc(N(c4ccc(C(C)(C)C)cc4)c4ccc(C(C)(C)C)cc4)c4c(c2-3)C(C)(C)c2ccccc2-4)cc1. The van der Waals surface area contributed by atoms with Crippen LogP contribution >= 0.6 is 0 Å². The molecule has 2 nitrogen and oxygen atoms in total. The van der Waals surface area contributed by atoms with Crippen molar-refractivity contribution in [2.75, 3.05) is 9.80 Å². The van der Waals surface area contributed by atoms with Crippen molar-refractivity contribution >= 4 is 34.1 Å². The summed E-state index contributed by atoms with van der Waals surface area (Å²) >= 11 is 0. The topological polar surface area (TPSA) is 6.48 Å². The van der Waals surface area contributed by atoms with Gasteiger partial charge >= 0.3 is 0 Å². The van der Waals surface area contributed by atoms with E-state index in [4.69, 9.17) is 0 Å². The first-order chi connectivity index (χ1) is 36.0. The van der Waals surface area contributed by atoms with E-state index in [-0.39, 0.29) is 27.1 Å². The lowest BCUT2D eigenvalue weighted by Crippen LogP contribution is -2.27. The third-order valence-electron chi connectivity index (χ3n) is 17.3. The van der Waals surface area contributed by atoms with Gasteiger partial charge in [-0.05, 0) is 172 Å². The molecule has 0 aliphatic heterocycles. The van der Waals surface area contributed by atoms with Crippen LogP contribution in [-0.2, 0) is 32.5 Å². The number of rotatable bonds is 6. The lowest BCUT2D eigenvalue weighted by Gasteiger charge is -2.35. The maximum absolute atomic E-state index is 2.63. The minimum Gasteiger partial charge on any atom is -0.310 e. The van der Waals surface area contributed by atoms with E-state index in [0.29, 0.717) is 0 Å². The third-order valence-corrected chi connectivity index (χ3v) is 17.3. The molecule has 0 bridgehead atoms. The molecule has 0 N–H and O–H groups in total. The molecule has 76 heavy (non-hydrogen) atoms. The summed E-state index contributed by atoms with van der Waals surface area (Å²) in [6.45, 7) is 32.6. The summed E-state index contributed by atoms with van der Waals surface area (Å²) in [5.41, 5.74) is 27.2. The highest BCUT2D eigenvalue weighted by molar-refractivity contribution is 6.06. The molecule has 12 rings (SSSR count). The Hall–Kier alpha value is -7.42. The molecule has 380 valence electrons. The molecule has 0 atom stereocenters. The largest absolute Gasteiger partial charge is 0.310 e. The van der Waals surface area contributed by atoms with E-state index in [1.165, 1.54) is 94.7 Å². The fourth-order valence-corrected chi connectivity index (χ4v) is 13.2. The zero-order valence-corrected chi connectivity index (χ0v) is 47.4. The van der Waals surface area contributed by atoms with Gasteiger partial charge in [-0.1, -0.05) is 224 Å². The van der Waals surface area contributed by atoms with Crippen molar-refractivity contribution in [1.82, 2.24) is 0 Å². The van der Waals surface area contributed by atoms with Gasteiger partial charge in [-0.2, -0.15) is 0 Å². The number of hydrogen-bond acceptors (Lipinski definition) is 2. The van der Waals surface area contributed by atoms with Crippen LogP contribution in [0, 0.1) is 0 Å². The number of nitrogens with zero attached hydrogens (tertiary/aromatic N) is 2. The standard InChI is InChI=1S/C74H74N2/c1-69(2,3)47-27-35-51(36-28-47)75(52-37-29-48(30-38-52)70(4,5)6)55-43-44-59-63(45-55)74(61-25-19-15-21-56(61)57-22-16-20-26-62(57)74)64-46-65(67-58-23-17-18-24-60(58)73(13,14)68(67)66(59)64)76(53-39-31-49(32-40-53)71(7,8)9)54-41-33-50(34-42-54)72(10,11)12/h15-46H,1-14H3. The molecule has 0 aromatic heterocycles. The van der Waals surface area contributed by atoms with Crippen LogP contribution in [-0.4, -0.2) is 0 Å². The van der Waals surface area contributed by atoms with E-state index >= 15 is 0 Å². The minimum absolute atomic E-state index is 0.0110. The van der Waals surface area contributed by atoms with Crippen molar-refractivity contribution in [3.63, 3.8) is 0 Å². The van der Waals surface area contributed by atoms with Crippen molar-refractivity contribution in [3.8, 4) is 33.4 Å². The zero-order chi connectivity index (χ0) is 53.5. The second kappa shape index (κ2) is 17.0. The van der Waals surface area contributed by atoms with Crippen LogP contribution < -0.4 is 9.80 Å². The summed E-state index contributed by atoms with van der Waals surface area (Å²) in [4.78, 5) is 5.07. The van der Waals surface area contributed by atoms with Crippen LogP contribution in [0.5, 0.6) is 0 Å². The lowest BCUT2D eigenvalue weighted by atomic mass is 9.69. The van der Waals surface area contributed by atoms with Gasteiger partial charge in [-0.25, -0.2) is 0 Å². The molecule has 2 heteroatoms. The molecule has 9 aromatic carbocycles. The van der Waals surface area contributed by atoms with Gasteiger partial charge in [-0.15, -0.1) is 0 Å². The van der Waals surface area contributed by atoms with Crippen LogP contribution in [0.4, 0.5) is 34.1 Å². The Bertz CT molecular complexity index is 3570. The van der Waals surface area contributed by atoms with Gasteiger partial charge < -0.3 is 9.80 Å². The Balaban J connectivity index is 1.20. The highest BCUT2D eigenvalue weighted by Crippen LogP contribution is 2.68. The summed E-state index contributed by atoms with van der Waals surface area (Å²) in [5, 5.41) is 0. The molecular formula is C74H74N2. The van der Waals surface area contributed by atoms with Gasteiger partial charge in [0.25, 0.3) is 0 Å². The van der Waals surface area contributed by atoms with Crippen molar-refractivity contribution in [1.29, 1.82) is 0 Å². The monoisotopic (exact) mass is 991 g/mol. The second-order valence-corrected chi connectivity index (χ2v) is 26.7. The first kappa shape index (κ1) is 49.5. The molecule has 0 heterocycles. The van der Waals surface area contributed by atoms with Crippen molar-refractivity contribution in [2.24, 2.45) is 0 Å². The Morgan fingerprint density at radius 2 is 0.632 bits per heavy atom. The predicted molar refractivity (Wildman–Crippen MR) is 324 cm³/mol. The average molecular weight is 991 g/mol. The quantitative estimate of drug-likeness (QED) is 0.164. The number of fused-ring (bicyclic) bond motifs is 14. The minimum atomic E-state index is -0.641. The van der Waals surface area contributed by atoms with Crippen LogP contribution in [0.2, 0.25) is 0 Å². The molecule has 0 fully saturated rings. The number of benzene rings is 9. The van der Waals surface area contributed by atoms with E-state index in [1.807, 2.05) is 0 Å². The summed E-state index contributed by atoms with van der Waals surface area (Å²) in [7, 11) is 0.